The van der Waals surface area contributed by atoms with Crippen LogP contribution in [-0.2, 0) is 10.2 Å². The SMILES string of the molecule is C=C(C(=O)O)c1ccc(C(C)(C)c2ccccc2)cc1. The lowest BCUT2D eigenvalue weighted by Crippen LogP contribution is -2.18. The highest BCUT2D eigenvalue weighted by molar-refractivity contribution is 6.14. The van der Waals surface area contributed by atoms with Gasteiger partial charge >= 0.3 is 5.97 Å². The molecule has 0 spiro atoms. The molecule has 0 unspecified atom stereocenters. The van der Waals surface area contributed by atoms with E-state index in [2.05, 4.69) is 32.6 Å². The molecule has 0 radical (unpaired) electrons. The molecular weight excluding hydrogens is 248 g/mol. The Kier molecular flexibility index (Phi) is 3.75. The number of hydrogen-bond acceptors (Lipinski definition) is 1. The van der Waals surface area contributed by atoms with Crippen LogP contribution >= 0.6 is 0 Å². The average Bonchev–Trinajstić information content (AvgIpc) is 2.47. The number of hydrogen-bond donors (Lipinski definition) is 1. The van der Waals surface area contributed by atoms with Crippen molar-refractivity contribution in [3.05, 3.63) is 77.9 Å². The average molecular weight is 266 g/mol. The van der Waals surface area contributed by atoms with Crippen LogP contribution in [0.2, 0.25) is 0 Å². The lowest BCUT2D eigenvalue weighted by molar-refractivity contribution is -0.130. The minimum atomic E-state index is -0.986. The van der Waals surface area contributed by atoms with Crippen molar-refractivity contribution in [3.8, 4) is 0 Å². The number of carboxylic acid groups (broad SMARTS) is 1. The van der Waals surface area contributed by atoms with Gasteiger partial charge in [0.05, 0.1) is 5.57 Å². The summed E-state index contributed by atoms with van der Waals surface area (Å²) in [5.74, 6) is -0.986. The monoisotopic (exact) mass is 266 g/mol. The molecule has 0 bridgehead atoms. The van der Waals surface area contributed by atoms with Gasteiger partial charge in [0, 0.05) is 5.41 Å². The van der Waals surface area contributed by atoms with Crippen LogP contribution in [0.15, 0.2) is 61.2 Å². The molecule has 2 heteroatoms. The minimum Gasteiger partial charge on any atom is -0.478 e. The predicted molar refractivity (Wildman–Crippen MR) is 81.7 cm³/mol. The van der Waals surface area contributed by atoms with Gasteiger partial charge < -0.3 is 5.11 Å². The van der Waals surface area contributed by atoms with Crippen molar-refractivity contribution in [2.75, 3.05) is 0 Å². The minimum absolute atomic E-state index is 0.120. The van der Waals surface area contributed by atoms with E-state index in [-0.39, 0.29) is 11.0 Å². The van der Waals surface area contributed by atoms with Crippen LogP contribution in [0.25, 0.3) is 5.57 Å². The van der Waals surface area contributed by atoms with E-state index in [1.165, 1.54) is 5.56 Å². The van der Waals surface area contributed by atoms with Crippen molar-refractivity contribution < 1.29 is 9.90 Å². The summed E-state index contributed by atoms with van der Waals surface area (Å²) >= 11 is 0. The van der Waals surface area contributed by atoms with Gasteiger partial charge in [-0.25, -0.2) is 4.79 Å². The van der Waals surface area contributed by atoms with E-state index >= 15 is 0 Å². The smallest absolute Gasteiger partial charge is 0.335 e. The van der Waals surface area contributed by atoms with Crippen LogP contribution in [0.3, 0.4) is 0 Å². The van der Waals surface area contributed by atoms with Crippen molar-refractivity contribution in [2.24, 2.45) is 0 Å². The van der Waals surface area contributed by atoms with Gasteiger partial charge in [0.1, 0.15) is 0 Å². The molecule has 0 amide bonds. The van der Waals surface area contributed by atoms with E-state index in [0.29, 0.717) is 5.56 Å². The van der Waals surface area contributed by atoms with E-state index in [1.807, 2.05) is 42.5 Å². The summed E-state index contributed by atoms with van der Waals surface area (Å²) in [5.41, 5.74) is 3.01. The molecule has 2 aromatic rings. The Hall–Kier alpha value is -2.35. The second-order valence-electron chi connectivity index (χ2n) is 5.35. The third kappa shape index (κ3) is 2.64. The largest absolute Gasteiger partial charge is 0.478 e. The number of carboxylic acids is 1. The van der Waals surface area contributed by atoms with Crippen LogP contribution in [0.4, 0.5) is 0 Å². The zero-order valence-corrected chi connectivity index (χ0v) is 11.8. The van der Waals surface area contributed by atoms with Crippen LogP contribution in [-0.4, -0.2) is 11.1 Å². The first-order valence-electron chi connectivity index (χ1n) is 6.51. The van der Waals surface area contributed by atoms with Gasteiger partial charge in [-0.3, -0.25) is 0 Å². The van der Waals surface area contributed by atoms with E-state index in [4.69, 9.17) is 5.11 Å². The van der Waals surface area contributed by atoms with Gasteiger partial charge in [-0.05, 0) is 16.7 Å². The van der Waals surface area contributed by atoms with Crippen molar-refractivity contribution in [2.45, 2.75) is 19.3 Å². The van der Waals surface area contributed by atoms with Gasteiger partial charge in [-0.15, -0.1) is 0 Å². The molecule has 102 valence electrons. The van der Waals surface area contributed by atoms with Crippen LogP contribution in [0, 0.1) is 0 Å². The fourth-order valence-electron chi connectivity index (χ4n) is 2.23. The highest BCUT2D eigenvalue weighted by Gasteiger charge is 2.22. The van der Waals surface area contributed by atoms with Gasteiger partial charge in [0.15, 0.2) is 0 Å². The number of benzene rings is 2. The maximum atomic E-state index is 10.9. The predicted octanol–water partition coefficient (Wildman–Crippen LogP) is 4.11. The van der Waals surface area contributed by atoms with Crippen molar-refractivity contribution >= 4 is 11.5 Å². The molecule has 20 heavy (non-hydrogen) atoms. The van der Waals surface area contributed by atoms with Crippen molar-refractivity contribution in [3.63, 3.8) is 0 Å². The molecule has 2 aromatic carbocycles. The molecule has 0 atom stereocenters. The molecule has 0 saturated carbocycles. The lowest BCUT2D eigenvalue weighted by atomic mass is 9.78. The fraction of sp³-hybridized carbons (Fsp3) is 0.167. The highest BCUT2D eigenvalue weighted by Crippen LogP contribution is 2.31. The third-order valence-electron chi connectivity index (χ3n) is 3.71. The Bertz CT molecular complexity index is 622. The first-order valence-corrected chi connectivity index (χ1v) is 6.51. The Balaban J connectivity index is 2.35. The molecule has 0 fully saturated rings. The Morgan fingerprint density at radius 1 is 0.950 bits per heavy atom. The second-order valence-corrected chi connectivity index (χ2v) is 5.35. The number of aliphatic carboxylic acids is 1. The number of carbonyl (C=O) groups is 1. The fourth-order valence-corrected chi connectivity index (χ4v) is 2.23. The third-order valence-corrected chi connectivity index (χ3v) is 3.71. The second kappa shape index (κ2) is 5.33. The standard InChI is InChI=1S/C18H18O2/c1-13(17(19)20)14-9-11-16(12-10-14)18(2,3)15-7-5-4-6-8-15/h4-12H,1H2,2-3H3,(H,19,20). The van der Waals surface area contributed by atoms with Crippen molar-refractivity contribution in [1.82, 2.24) is 0 Å². The first-order chi connectivity index (χ1) is 9.43. The normalized spacial score (nSPS) is 11.1. The molecule has 2 nitrogen and oxygen atoms in total. The topological polar surface area (TPSA) is 37.3 Å². The van der Waals surface area contributed by atoms with E-state index in [9.17, 15) is 4.79 Å². The zero-order chi connectivity index (χ0) is 14.8. The molecule has 0 aromatic heterocycles. The summed E-state index contributed by atoms with van der Waals surface area (Å²) in [6, 6.07) is 17.8. The van der Waals surface area contributed by atoms with Crippen LogP contribution in [0.1, 0.15) is 30.5 Å². The van der Waals surface area contributed by atoms with E-state index in [1.54, 1.807) is 0 Å². The zero-order valence-electron chi connectivity index (χ0n) is 11.8. The molecule has 0 aliphatic carbocycles. The molecule has 0 aliphatic heterocycles. The summed E-state index contributed by atoms with van der Waals surface area (Å²) < 4.78 is 0. The molecule has 0 aliphatic rings. The molecular formula is C18H18O2. The Morgan fingerprint density at radius 2 is 1.45 bits per heavy atom. The Labute approximate surface area is 119 Å². The summed E-state index contributed by atoms with van der Waals surface area (Å²) in [7, 11) is 0. The first kappa shape index (κ1) is 14.1. The van der Waals surface area contributed by atoms with Gasteiger partial charge in [-0.1, -0.05) is 75.0 Å². The van der Waals surface area contributed by atoms with Gasteiger partial charge in [-0.2, -0.15) is 0 Å². The highest BCUT2D eigenvalue weighted by atomic mass is 16.4. The van der Waals surface area contributed by atoms with Crippen LogP contribution < -0.4 is 0 Å². The summed E-state index contributed by atoms with van der Waals surface area (Å²) in [4.78, 5) is 10.9. The maximum Gasteiger partial charge on any atom is 0.335 e. The van der Waals surface area contributed by atoms with Gasteiger partial charge in [0.25, 0.3) is 0 Å². The maximum absolute atomic E-state index is 10.9. The number of rotatable bonds is 4. The van der Waals surface area contributed by atoms with Gasteiger partial charge in [0.2, 0.25) is 0 Å². The molecule has 0 heterocycles. The molecule has 2 rings (SSSR count). The molecule has 1 N–H and O–H groups in total. The van der Waals surface area contributed by atoms with E-state index in [0.717, 1.165) is 5.56 Å². The summed E-state index contributed by atoms with van der Waals surface area (Å²) in [6.45, 7) is 7.89. The summed E-state index contributed by atoms with van der Waals surface area (Å²) in [5, 5.41) is 8.94. The Morgan fingerprint density at radius 3 is 1.95 bits per heavy atom. The van der Waals surface area contributed by atoms with E-state index < -0.39 is 5.97 Å². The van der Waals surface area contributed by atoms with Crippen LogP contribution in [0.5, 0.6) is 0 Å². The quantitative estimate of drug-likeness (QED) is 0.845. The molecule has 0 saturated heterocycles. The lowest BCUT2D eigenvalue weighted by Gasteiger charge is -2.26. The summed E-state index contributed by atoms with van der Waals surface area (Å²) in [6.07, 6.45) is 0. The van der Waals surface area contributed by atoms with Crippen molar-refractivity contribution in [1.29, 1.82) is 0 Å².